The Hall–Kier alpha value is -2.19. The first-order valence-corrected chi connectivity index (χ1v) is 10.6. The van der Waals surface area contributed by atoms with Crippen LogP contribution in [0.1, 0.15) is 0 Å². The molecule has 1 aromatic carbocycles. The summed E-state index contributed by atoms with van der Waals surface area (Å²) in [5, 5.41) is 4.97. The fraction of sp³-hybridized carbons (Fsp3) is 0. The highest BCUT2D eigenvalue weighted by atomic mass is 127. The Morgan fingerprint density at radius 2 is 2.00 bits per heavy atom. The Balaban J connectivity index is 1.66. The number of fused-ring (bicyclic) bond motifs is 1. The summed E-state index contributed by atoms with van der Waals surface area (Å²) in [5.74, 6) is -2.04. The van der Waals surface area contributed by atoms with Gasteiger partial charge in [-0.05, 0) is 40.8 Å². The molecule has 138 valence electrons. The van der Waals surface area contributed by atoms with Crippen LogP contribution in [0.25, 0.3) is 15.5 Å². The van der Waals surface area contributed by atoms with E-state index >= 15 is 0 Å². The standard InChI is InChI=1S/C15H8F2IN5O2S2/c16-9-1-2-12(11(17)4-9)27(24,25)22-10-3-8(5-19-6-10)14-21-23-7-13(18)20-15(23)26-14/h1-7,22H. The zero-order valence-electron chi connectivity index (χ0n) is 13.1. The summed E-state index contributed by atoms with van der Waals surface area (Å²) in [6, 6.07) is 3.77. The second-order valence-corrected chi connectivity index (χ2v) is 9.05. The molecule has 0 saturated carbocycles. The first-order chi connectivity index (χ1) is 12.8. The normalized spacial score (nSPS) is 11.8. The van der Waals surface area contributed by atoms with Crippen molar-refractivity contribution in [2.45, 2.75) is 4.90 Å². The third-order valence-corrected chi connectivity index (χ3v) is 6.34. The van der Waals surface area contributed by atoms with Gasteiger partial charge in [0.25, 0.3) is 10.0 Å². The van der Waals surface area contributed by atoms with Gasteiger partial charge in [-0.2, -0.15) is 5.10 Å². The molecule has 3 heterocycles. The second-order valence-electron chi connectivity index (χ2n) is 5.34. The molecule has 1 N–H and O–H groups in total. The van der Waals surface area contributed by atoms with Crippen molar-refractivity contribution in [3.05, 3.63) is 58.2 Å². The second kappa shape index (κ2) is 6.76. The predicted molar refractivity (Wildman–Crippen MR) is 104 cm³/mol. The topological polar surface area (TPSA) is 89.2 Å². The molecule has 0 fully saturated rings. The summed E-state index contributed by atoms with van der Waals surface area (Å²) < 4.78 is 56.3. The van der Waals surface area contributed by atoms with Crippen molar-refractivity contribution in [3.63, 3.8) is 0 Å². The van der Waals surface area contributed by atoms with E-state index in [2.05, 4.69) is 42.4 Å². The Morgan fingerprint density at radius 1 is 1.19 bits per heavy atom. The third kappa shape index (κ3) is 3.64. The van der Waals surface area contributed by atoms with Crippen molar-refractivity contribution in [2.75, 3.05) is 4.72 Å². The van der Waals surface area contributed by atoms with Gasteiger partial charge in [0.15, 0.2) is 0 Å². The maximum Gasteiger partial charge on any atom is 0.264 e. The number of anilines is 1. The molecule has 0 atom stereocenters. The van der Waals surface area contributed by atoms with Gasteiger partial charge in [0, 0.05) is 17.8 Å². The zero-order valence-corrected chi connectivity index (χ0v) is 16.9. The van der Waals surface area contributed by atoms with E-state index in [9.17, 15) is 17.2 Å². The molecule has 0 aliphatic heterocycles. The number of aromatic nitrogens is 4. The van der Waals surface area contributed by atoms with Crippen molar-refractivity contribution in [1.82, 2.24) is 19.6 Å². The summed E-state index contributed by atoms with van der Waals surface area (Å²) in [7, 11) is -4.25. The Kier molecular flexibility index (Phi) is 4.55. The number of rotatable bonds is 4. The monoisotopic (exact) mass is 519 g/mol. The summed E-state index contributed by atoms with van der Waals surface area (Å²) in [6.07, 6.45) is 4.57. The van der Waals surface area contributed by atoms with Crippen molar-refractivity contribution in [1.29, 1.82) is 0 Å². The lowest BCUT2D eigenvalue weighted by atomic mass is 10.3. The average molecular weight is 519 g/mol. The van der Waals surface area contributed by atoms with Gasteiger partial charge >= 0.3 is 0 Å². The number of nitrogens with one attached hydrogen (secondary N) is 1. The maximum atomic E-state index is 13.8. The van der Waals surface area contributed by atoms with Crippen molar-refractivity contribution < 1.29 is 17.2 Å². The largest absolute Gasteiger partial charge is 0.278 e. The van der Waals surface area contributed by atoms with Gasteiger partial charge in [0.2, 0.25) is 4.96 Å². The van der Waals surface area contributed by atoms with Crippen molar-refractivity contribution in [3.8, 4) is 10.6 Å². The number of halogens is 3. The molecular weight excluding hydrogens is 511 g/mol. The van der Waals surface area contributed by atoms with Gasteiger partial charge in [-0.1, -0.05) is 11.3 Å². The lowest BCUT2D eigenvalue weighted by Crippen LogP contribution is -2.15. The molecule has 12 heteroatoms. The van der Waals surface area contributed by atoms with E-state index in [-0.39, 0.29) is 5.69 Å². The summed E-state index contributed by atoms with van der Waals surface area (Å²) in [5.41, 5.74) is 0.693. The van der Waals surface area contributed by atoms with Gasteiger partial charge in [-0.3, -0.25) is 9.71 Å². The number of benzene rings is 1. The van der Waals surface area contributed by atoms with Crippen LogP contribution in [0, 0.1) is 15.3 Å². The van der Waals surface area contributed by atoms with Gasteiger partial charge in [0.1, 0.15) is 25.2 Å². The number of hydrogen-bond acceptors (Lipinski definition) is 6. The minimum absolute atomic E-state index is 0.124. The van der Waals surface area contributed by atoms with Crippen LogP contribution in [-0.4, -0.2) is 28.0 Å². The zero-order chi connectivity index (χ0) is 19.2. The molecule has 0 amide bonds. The summed E-state index contributed by atoms with van der Waals surface area (Å²) in [6.45, 7) is 0. The summed E-state index contributed by atoms with van der Waals surface area (Å²) >= 11 is 3.39. The van der Waals surface area contributed by atoms with Crippen molar-refractivity contribution >= 4 is 54.6 Å². The van der Waals surface area contributed by atoms with E-state index in [4.69, 9.17) is 0 Å². The molecule has 7 nitrogen and oxygen atoms in total. The Morgan fingerprint density at radius 3 is 2.74 bits per heavy atom. The molecule has 3 aromatic heterocycles. The molecule has 0 saturated heterocycles. The van der Waals surface area contributed by atoms with Crippen LogP contribution in [0.2, 0.25) is 0 Å². The van der Waals surface area contributed by atoms with Gasteiger partial charge < -0.3 is 0 Å². The highest BCUT2D eigenvalue weighted by Gasteiger charge is 2.20. The van der Waals surface area contributed by atoms with Crippen LogP contribution in [-0.2, 0) is 10.0 Å². The molecule has 0 aliphatic rings. The molecular formula is C15H8F2IN5O2S2. The quantitative estimate of drug-likeness (QED) is 0.417. The van der Waals surface area contributed by atoms with E-state index in [0.29, 0.717) is 21.6 Å². The molecule has 0 radical (unpaired) electrons. The fourth-order valence-electron chi connectivity index (χ4n) is 2.31. The minimum atomic E-state index is -4.25. The van der Waals surface area contributed by atoms with Crippen LogP contribution in [0.4, 0.5) is 14.5 Å². The highest BCUT2D eigenvalue weighted by Crippen LogP contribution is 2.28. The predicted octanol–water partition coefficient (Wildman–Crippen LogP) is 3.54. The van der Waals surface area contributed by atoms with Crippen molar-refractivity contribution in [2.24, 2.45) is 0 Å². The van der Waals surface area contributed by atoms with Crippen LogP contribution >= 0.6 is 33.9 Å². The number of imidazole rings is 1. The Labute approximate surface area is 169 Å². The molecule has 27 heavy (non-hydrogen) atoms. The van der Waals surface area contributed by atoms with E-state index in [0.717, 1.165) is 15.8 Å². The van der Waals surface area contributed by atoms with Gasteiger partial charge in [0.05, 0.1) is 18.1 Å². The first-order valence-electron chi connectivity index (χ1n) is 7.27. The summed E-state index contributed by atoms with van der Waals surface area (Å²) in [4.78, 5) is 8.33. The lowest BCUT2D eigenvalue weighted by Gasteiger charge is -2.09. The van der Waals surface area contributed by atoms with Gasteiger partial charge in [-0.25, -0.2) is 26.7 Å². The van der Waals surface area contributed by atoms with E-state index in [1.54, 1.807) is 10.7 Å². The third-order valence-electron chi connectivity index (χ3n) is 3.43. The smallest absolute Gasteiger partial charge is 0.264 e. The molecule has 0 bridgehead atoms. The molecule has 0 unspecified atom stereocenters. The van der Waals surface area contributed by atoms with Crippen LogP contribution in [0.15, 0.2) is 47.8 Å². The fourth-order valence-corrected chi connectivity index (χ4v) is 4.92. The molecule has 4 aromatic rings. The number of sulfonamides is 1. The minimum Gasteiger partial charge on any atom is -0.278 e. The van der Waals surface area contributed by atoms with Gasteiger partial charge in [-0.15, -0.1) is 0 Å². The maximum absolute atomic E-state index is 13.8. The van der Waals surface area contributed by atoms with Crippen LogP contribution < -0.4 is 4.72 Å². The van der Waals surface area contributed by atoms with E-state index < -0.39 is 26.6 Å². The first kappa shape index (κ1) is 18.2. The average Bonchev–Trinajstić information content (AvgIpc) is 3.11. The molecule has 4 rings (SSSR count). The Bertz CT molecular complexity index is 1240. The van der Waals surface area contributed by atoms with E-state index in [1.165, 1.54) is 29.8 Å². The van der Waals surface area contributed by atoms with E-state index in [1.807, 2.05) is 0 Å². The number of nitrogens with zero attached hydrogens (tertiary/aromatic N) is 4. The highest BCUT2D eigenvalue weighted by molar-refractivity contribution is 14.1. The van der Waals surface area contributed by atoms with Crippen LogP contribution in [0.5, 0.6) is 0 Å². The SMILES string of the molecule is O=S(=O)(Nc1cncc(-c2nn3cc(I)nc3s2)c1)c1ccc(F)cc1F. The number of pyridine rings is 1. The number of hydrogen-bond donors (Lipinski definition) is 1. The van der Waals surface area contributed by atoms with Crippen LogP contribution in [0.3, 0.4) is 0 Å². The molecule has 0 aliphatic carbocycles. The lowest BCUT2D eigenvalue weighted by molar-refractivity contribution is 0.551. The molecule has 0 spiro atoms.